The maximum absolute atomic E-state index is 12.5. The summed E-state index contributed by atoms with van der Waals surface area (Å²) in [6.07, 6.45) is 0. The molecule has 0 spiro atoms. The minimum absolute atomic E-state index is 0.153. The van der Waals surface area contributed by atoms with Crippen molar-refractivity contribution in [3.8, 4) is 11.5 Å². The third kappa shape index (κ3) is 5.82. The van der Waals surface area contributed by atoms with Gasteiger partial charge in [0.2, 0.25) is 5.91 Å². The molecule has 0 saturated carbocycles. The van der Waals surface area contributed by atoms with Crippen molar-refractivity contribution >= 4 is 40.8 Å². The Morgan fingerprint density at radius 3 is 2.03 bits per heavy atom. The van der Waals surface area contributed by atoms with Gasteiger partial charge in [-0.2, -0.15) is 0 Å². The second-order valence-corrected chi connectivity index (χ2v) is 7.02. The van der Waals surface area contributed by atoms with Crippen LogP contribution in [0, 0.1) is 0 Å². The van der Waals surface area contributed by atoms with Crippen LogP contribution in [0.5, 0.6) is 11.5 Å². The van der Waals surface area contributed by atoms with E-state index in [2.05, 4.69) is 10.6 Å². The van der Waals surface area contributed by atoms with Gasteiger partial charge in [0.1, 0.15) is 13.2 Å². The number of hydrogen-bond acceptors (Lipinski definition) is 8. The number of anilines is 2. The van der Waals surface area contributed by atoms with Crippen molar-refractivity contribution in [2.24, 2.45) is 0 Å². The third-order valence-corrected chi connectivity index (χ3v) is 4.63. The van der Waals surface area contributed by atoms with E-state index in [4.69, 9.17) is 30.5 Å². The van der Waals surface area contributed by atoms with Gasteiger partial charge in [0.15, 0.2) is 11.5 Å². The number of amides is 1. The number of halogens is 1. The van der Waals surface area contributed by atoms with Crippen molar-refractivity contribution in [2.45, 2.75) is 13.8 Å². The maximum Gasteiger partial charge on any atom is 0.338 e. The van der Waals surface area contributed by atoms with Gasteiger partial charge in [-0.25, -0.2) is 9.59 Å². The molecule has 10 heteroatoms. The molecule has 0 aliphatic carbocycles. The molecule has 0 aromatic heterocycles. The van der Waals surface area contributed by atoms with E-state index in [1.165, 1.54) is 18.2 Å². The number of ether oxygens (including phenoxy) is 4. The first-order chi connectivity index (χ1) is 15.4. The third-order valence-electron chi connectivity index (χ3n) is 4.31. The Balaban J connectivity index is 1.72. The minimum Gasteiger partial charge on any atom is -0.486 e. The van der Waals surface area contributed by atoms with Crippen molar-refractivity contribution in [2.75, 3.05) is 43.6 Å². The molecule has 0 bridgehead atoms. The molecule has 2 N–H and O–H groups in total. The normalized spacial score (nSPS) is 12.0. The number of benzene rings is 2. The van der Waals surface area contributed by atoms with Crippen LogP contribution >= 0.6 is 11.6 Å². The van der Waals surface area contributed by atoms with Crippen LogP contribution in [0.25, 0.3) is 0 Å². The second-order valence-electron chi connectivity index (χ2n) is 6.62. The molecule has 1 heterocycles. The zero-order chi connectivity index (χ0) is 23.1. The molecular formula is C22H23ClN2O7. The summed E-state index contributed by atoms with van der Waals surface area (Å²) in [5.41, 5.74) is 1.07. The Kier molecular flexibility index (Phi) is 7.77. The summed E-state index contributed by atoms with van der Waals surface area (Å²) in [7, 11) is 0. The first kappa shape index (κ1) is 23.2. The fourth-order valence-corrected chi connectivity index (χ4v) is 3.13. The summed E-state index contributed by atoms with van der Waals surface area (Å²) in [6.45, 7) is 4.41. The molecule has 0 atom stereocenters. The first-order valence-corrected chi connectivity index (χ1v) is 10.4. The SMILES string of the molecule is CCOC(=O)c1cc(NCC(=O)Nc2cc3c(cc2Cl)OCCO3)cc(C(=O)OCC)c1. The van der Waals surface area contributed by atoms with Crippen molar-refractivity contribution < 1.29 is 33.3 Å². The summed E-state index contributed by atoms with van der Waals surface area (Å²) in [5.74, 6) is -0.573. The number of nitrogens with one attached hydrogen (secondary N) is 2. The van der Waals surface area contributed by atoms with Crippen LogP contribution < -0.4 is 20.1 Å². The summed E-state index contributed by atoms with van der Waals surface area (Å²) in [5, 5.41) is 5.89. The molecule has 3 rings (SSSR count). The number of rotatable bonds is 8. The standard InChI is InChI=1S/C22H23ClN2O7/c1-3-29-21(27)13-7-14(22(28)30-4-2)9-15(8-13)24-12-20(26)25-17-11-19-18(10-16(17)23)31-5-6-32-19/h7-11,24H,3-6,12H2,1-2H3,(H,25,26). The predicted octanol–water partition coefficient (Wildman–Crippen LogP) is 3.52. The van der Waals surface area contributed by atoms with Gasteiger partial charge in [0.25, 0.3) is 0 Å². The largest absolute Gasteiger partial charge is 0.486 e. The molecule has 2 aromatic carbocycles. The highest BCUT2D eigenvalue weighted by molar-refractivity contribution is 6.34. The minimum atomic E-state index is -0.589. The van der Waals surface area contributed by atoms with Gasteiger partial charge in [-0.05, 0) is 32.0 Å². The highest BCUT2D eigenvalue weighted by Crippen LogP contribution is 2.37. The zero-order valence-corrected chi connectivity index (χ0v) is 18.4. The van der Waals surface area contributed by atoms with Crippen LogP contribution in [0.15, 0.2) is 30.3 Å². The van der Waals surface area contributed by atoms with E-state index in [9.17, 15) is 14.4 Å². The number of esters is 2. The van der Waals surface area contributed by atoms with Crippen LogP contribution in [-0.4, -0.2) is 50.8 Å². The van der Waals surface area contributed by atoms with Crippen LogP contribution in [0.1, 0.15) is 34.6 Å². The molecule has 32 heavy (non-hydrogen) atoms. The molecule has 1 amide bonds. The van der Waals surface area contributed by atoms with Crippen molar-refractivity contribution in [3.05, 3.63) is 46.5 Å². The van der Waals surface area contributed by atoms with E-state index in [-0.39, 0.29) is 30.9 Å². The van der Waals surface area contributed by atoms with Crippen LogP contribution in [0.4, 0.5) is 11.4 Å². The Labute approximate surface area is 189 Å². The highest BCUT2D eigenvalue weighted by Gasteiger charge is 2.18. The van der Waals surface area contributed by atoms with Gasteiger partial charge in [-0.15, -0.1) is 0 Å². The lowest BCUT2D eigenvalue weighted by molar-refractivity contribution is -0.114. The predicted molar refractivity (Wildman–Crippen MR) is 118 cm³/mol. The summed E-state index contributed by atoms with van der Waals surface area (Å²) in [4.78, 5) is 36.8. The lowest BCUT2D eigenvalue weighted by Gasteiger charge is -2.20. The van der Waals surface area contributed by atoms with Gasteiger partial charge >= 0.3 is 11.9 Å². The van der Waals surface area contributed by atoms with E-state index < -0.39 is 17.8 Å². The maximum atomic E-state index is 12.5. The van der Waals surface area contributed by atoms with Gasteiger partial charge in [0.05, 0.1) is 41.6 Å². The molecule has 0 unspecified atom stereocenters. The van der Waals surface area contributed by atoms with Crippen molar-refractivity contribution in [1.82, 2.24) is 0 Å². The molecule has 170 valence electrons. The van der Waals surface area contributed by atoms with Gasteiger partial charge in [0, 0.05) is 17.8 Å². The monoisotopic (exact) mass is 462 g/mol. The molecule has 1 aliphatic heterocycles. The second kappa shape index (κ2) is 10.7. The number of carbonyl (C=O) groups is 3. The van der Waals surface area contributed by atoms with E-state index in [1.54, 1.807) is 26.0 Å². The fourth-order valence-electron chi connectivity index (χ4n) is 2.93. The van der Waals surface area contributed by atoms with Gasteiger partial charge in [-0.3, -0.25) is 4.79 Å². The van der Waals surface area contributed by atoms with E-state index >= 15 is 0 Å². The molecule has 0 saturated heterocycles. The Hall–Kier alpha value is -3.46. The topological polar surface area (TPSA) is 112 Å². The number of hydrogen-bond donors (Lipinski definition) is 2. The molecule has 9 nitrogen and oxygen atoms in total. The zero-order valence-electron chi connectivity index (χ0n) is 17.7. The van der Waals surface area contributed by atoms with E-state index in [1.807, 2.05) is 0 Å². The molecule has 2 aromatic rings. The quantitative estimate of drug-likeness (QED) is 0.573. The highest BCUT2D eigenvalue weighted by atomic mass is 35.5. The number of fused-ring (bicyclic) bond motifs is 1. The van der Waals surface area contributed by atoms with Crippen LogP contribution in [-0.2, 0) is 14.3 Å². The van der Waals surface area contributed by atoms with Crippen LogP contribution in [0.2, 0.25) is 5.02 Å². The van der Waals surface area contributed by atoms with Crippen molar-refractivity contribution in [1.29, 1.82) is 0 Å². The lowest BCUT2D eigenvalue weighted by Crippen LogP contribution is -2.23. The average molecular weight is 463 g/mol. The van der Waals surface area contributed by atoms with Crippen molar-refractivity contribution in [3.63, 3.8) is 0 Å². The van der Waals surface area contributed by atoms with Gasteiger partial charge in [-0.1, -0.05) is 11.6 Å². The van der Waals surface area contributed by atoms with E-state index in [0.717, 1.165) is 0 Å². The Bertz CT molecular complexity index is 989. The smallest absolute Gasteiger partial charge is 0.338 e. The van der Waals surface area contributed by atoms with Gasteiger partial charge < -0.3 is 29.6 Å². The molecule has 1 aliphatic rings. The summed E-state index contributed by atoms with van der Waals surface area (Å²) in [6, 6.07) is 7.54. The molecular weight excluding hydrogens is 440 g/mol. The lowest BCUT2D eigenvalue weighted by atomic mass is 10.1. The average Bonchev–Trinajstić information content (AvgIpc) is 2.78. The Morgan fingerprint density at radius 1 is 0.906 bits per heavy atom. The Morgan fingerprint density at radius 2 is 1.47 bits per heavy atom. The van der Waals surface area contributed by atoms with E-state index in [0.29, 0.717) is 41.1 Å². The number of carbonyl (C=O) groups excluding carboxylic acids is 3. The van der Waals surface area contributed by atoms with Crippen LogP contribution in [0.3, 0.4) is 0 Å². The molecule has 0 radical (unpaired) electrons. The first-order valence-electron chi connectivity index (χ1n) is 10.0. The summed E-state index contributed by atoms with van der Waals surface area (Å²) < 4.78 is 21.0. The fraction of sp³-hybridized carbons (Fsp3) is 0.318. The summed E-state index contributed by atoms with van der Waals surface area (Å²) >= 11 is 6.22. The molecule has 0 fully saturated rings.